The molecule has 0 saturated heterocycles. The normalized spacial score (nSPS) is 11.9. The number of rotatable bonds is 6. The van der Waals surface area contributed by atoms with Gasteiger partial charge < -0.3 is 4.74 Å². The zero-order chi connectivity index (χ0) is 16.8. The van der Waals surface area contributed by atoms with Crippen molar-refractivity contribution in [3.8, 4) is 5.69 Å². The van der Waals surface area contributed by atoms with Crippen molar-refractivity contribution in [3.63, 3.8) is 0 Å². The van der Waals surface area contributed by atoms with Gasteiger partial charge in [-0.1, -0.05) is 19.1 Å². The first-order valence-corrected chi connectivity index (χ1v) is 7.87. The SMILES string of the molecule is C[C@H](CC(=O)OCc1ccc(-n2cccn2)cc1)c1ccncc1. The molecular formula is C19H19N3O2. The van der Waals surface area contributed by atoms with Crippen LogP contribution in [-0.4, -0.2) is 20.7 Å². The van der Waals surface area contributed by atoms with Crippen molar-refractivity contribution >= 4 is 5.97 Å². The third kappa shape index (κ3) is 4.07. The molecule has 3 aromatic rings. The van der Waals surface area contributed by atoms with Crippen LogP contribution >= 0.6 is 0 Å². The highest BCUT2D eigenvalue weighted by atomic mass is 16.5. The average Bonchev–Trinajstić information content (AvgIpc) is 3.16. The van der Waals surface area contributed by atoms with Crippen LogP contribution in [0.3, 0.4) is 0 Å². The Morgan fingerprint density at radius 2 is 1.88 bits per heavy atom. The monoisotopic (exact) mass is 321 g/mol. The molecule has 3 rings (SSSR count). The summed E-state index contributed by atoms with van der Waals surface area (Å²) in [6.45, 7) is 2.29. The van der Waals surface area contributed by atoms with Gasteiger partial charge in [0.05, 0.1) is 12.1 Å². The predicted molar refractivity (Wildman–Crippen MR) is 90.6 cm³/mol. The second-order valence-corrected chi connectivity index (χ2v) is 5.66. The van der Waals surface area contributed by atoms with Gasteiger partial charge in [0, 0.05) is 24.8 Å². The Bertz CT molecular complexity index is 768. The molecule has 0 aliphatic heterocycles. The Balaban J connectivity index is 1.51. The van der Waals surface area contributed by atoms with Crippen LogP contribution in [-0.2, 0) is 16.1 Å². The van der Waals surface area contributed by atoms with Crippen LogP contribution in [0.5, 0.6) is 0 Å². The second-order valence-electron chi connectivity index (χ2n) is 5.66. The van der Waals surface area contributed by atoms with Gasteiger partial charge in [0.25, 0.3) is 0 Å². The lowest BCUT2D eigenvalue weighted by molar-refractivity contribution is -0.145. The Kier molecular flexibility index (Phi) is 5.01. The van der Waals surface area contributed by atoms with E-state index in [1.165, 1.54) is 0 Å². The second kappa shape index (κ2) is 7.55. The molecule has 5 heteroatoms. The molecule has 0 aliphatic carbocycles. The van der Waals surface area contributed by atoms with Gasteiger partial charge in [-0.25, -0.2) is 4.68 Å². The number of hydrogen-bond donors (Lipinski definition) is 0. The van der Waals surface area contributed by atoms with E-state index in [1.807, 2.05) is 55.6 Å². The van der Waals surface area contributed by atoms with Crippen LogP contribution in [0.15, 0.2) is 67.3 Å². The standard InChI is InChI=1S/C19H19N3O2/c1-15(17-7-10-20-11-8-17)13-19(23)24-14-16-3-5-18(6-4-16)22-12-2-9-21-22/h2-12,15H,13-14H2,1H3/t15-/m1/s1. The molecule has 2 heterocycles. The molecule has 0 bridgehead atoms. The molecule has 0 fully saturated rings. The number of carbonyl (C=O) groups is 1. The van der Waals surface area contributed by atoms with E-state index >= 15 is 0 Å². The Morgan fingerprint density at radius 3 is 2.54 bits per heavy atom. The summed E-state index contributed by atoms with van der Waals surface area (Å²) in [4.78, 5) is 16.0. The number of ether oxygens (including phenoxy) is 1. The van der Waals surface area contributed by atoms with Crippen LogP contribution in [0.25, 0.3) is 5.69 Å². The molecular weight excluding hydrogens is 302 g/mol. The molecule has 122 valence electrons. The van der Waals surface area contributed by atoms with Gasteiger partial charge in [-0.3, -0.25) is 9.78 Å². The maximum absolute atomic E-state index is 12.0. The van der Waals surface area contributed by atoms with Gasteiger partial charge in [-0.2, -0.15) is 5.10 Å². The molecule has 1 aromatic carbocycles. The summed E-state index contributed by atoms with van der Waals surface area (Å²) in [7, 11) is 0. The third-order valence-electron chi connectivity index (χ3n) is 3.85. The zero-order valence-electron chi connectivity index (χ0n) is 13.5. The van der Waals surface area contributed by atoms with Crippen molar-refractivity contribution in [1.29, 1.82) is 0 Å². The Hall–Kier alpha value is -2.95. The van der Waals surface area contributed by atoms with Crippen LogP contribution in [0.2, 0.25) is 0 Å². The van der Waals surface area contributed by atoms with Crippen molar-refractivity contribution in [2.24, 2.45) is 0 Å². The van der Waals surface area contributed by atoms with E-state index in [4.69, 9.17) is 4.74 Å². The van der Waals surface area contributed by atoms with Crippen LogP contribution in [0, 0.1) is 0 Å². The predicted octanol–water partition coefficient (Wildman–Crippen LogP) is 3.50. The molecule has 24 heavy (non-hydrogen) atoms. The summed E-state index contributed by atoms with van der Waals surface area (Å²) in [5, 5.41) is 4.18. The van der Waals surface area contributed by atoms with E-state index in [-0.39, 0.29) is 18.5 Å². The first-order valence-electron chi connectivity index (χ1n) is 7.87. The molecule has 0 aliphatic rings. The minimum atomic E-state index is -0.199. The molecule has 0 unspecified atom stereocenters. The van der Waals surface area contributed by atoms with Crippen molar-refractivity contribution in [2.45, 2.75) is 25.9 Å². The van der Waals surface area contributed by atoms with Crippen LogP contribution < -0.4 is 0 Å². The maximum atomic E-state index is 12.0. The summed E-state index contributed by atoms with van der Waals surface area (Å²) in [5.41, 5.74) is 3.02. The number of hydrogen-bond acceptors (Lipinski definition) is 4. The van der Waals surface area contributed by atoms with Gasteiger partial charge >= 0.3 is 5.97 Å². The number of esters is 1. The largest absolute Gasteiger partial charge is 0.461 e. The summed E-state index contributed by atoms with van der Waals surface area (Å²) < 4.78 is 7.16. The quantitative estimate of drug-likeness (QED) is 0.652. The Morgan fingerprint density at radius 1 is 1.12 bits per heavy atom. The minimum absolute atomic E-state index is 0.114. The van der Waals surface area contributed by atoms with Crippen molar-refractivity contribution in [3.05, 3.63) is 78.4 Å². The first kappa shape index (κ1) is 15.9. The topological polar surface area (TPSA) is 57.0 Å². The van der Waals surface area contributed by atoms with E-state index in [2.05, 4.69) is 10.1 Å². The van der Waals surface area contributed by atoms with E-state index < -0.39 is 0 Å². The van der Waals surface area contributed by atoms with Gasteiger partial charge in [-0.05, 0) is 47.4 Å². The number of pyridine rings is 1. The molecule has 1 atom stereocenters. The van der Waals surface area contributed by atoms with Crippen molar-refractivity contribution in [1.82, 2.24) is 14.8 Å². The number of nitrogens with zero attached hydrogens (tertiary/aromatic N) is 3. The lowest BCUT2D eigenvalue weighted by Crippen LogP contribution is -2.09. The third-order valence-corrected chi connectivity index (χ3v) is 3.85. The van der Waals surface area contributed by atoms with Crippen LogP contribution in [0.1, 0.15) is 30.4 Å². The summed E-state index contributed by atoms with van der Waals surface area (Å²) in [6.07, 6.45) is 7.45. The fourth-order valence-corrected chi connectivity index (χ4v) is 2.45. The van der Waals surface area contributed by atoms with E-state index in [0.717, 1.165) is 16.8 Å². The molecule has 0 N–H and O–H groups in total. The summed E-state index contributed by atoms with van der Waals surface area (Å²) in [6, 6.07) is 13.5. The molecule has 0 spiro atoms. The maximum Gasteiger partial charge on any atom is 0.306 e. The lowest BCUT2D eigenvalue weighted by Gasteiger charge is -2.11. The fraction of sp³-hybridized carbons (Fsp3) is 0.211. The van der Waals surface area contributed by atoms with Crippen molar-refractivity contribution in [2.75, 3.05) is 0 Å². The van der Waals surface area contributed by atoms with E-state index in [0.29, 0.717) is 6.42 Å². The molecule has 0 amide bonds. The van der Waals surface area contributed by atoms with Crippen molar-refractivity contribution < 1.29 is 9.53 Å². The first-order chi connectivity index (χ1) is 11.7. The Labute approximate surface area is 140 Å². The number of aromatic nitrogens is 3. The van der Waals surface area contributed by atoms with Gasteiger partial charge in [-0.15, -0.1) is 0 Å². The minimum Gasteiger partial charge on any atom is -0.461 e. The average molecular weight is 321 g/mol. The smallest absolute Gasteiger partial charge is 0.306 e. The highest BCUT2D eigenvalue weighted by Gasteiger charge is 2.12. The lowest BCUT2D eigenvalue weighted by atomic mass is 9.99. The molecule has 5 nitrogen and oxygen atoms in total. The molecule has 0 saturated carbocycles. The molecule has 0 radical (unpaired) electrons. The van der Waals surface area contributed by atoms with Gasteiger partial charge in [0.2, 0.25) is 0 Å². The van der Waals surface area contributed by atoms with Gasteiger partial charge in [0.15, 0.2) is 0 Å². The van der Waals surface area contributed by atoms with E-state index in [1.54, 1.807) is 23.3 Å². The van der Waals surface area contributed by atoms with Gasteiger partial charge in [0.1, 0.15) is 6.61 Å². The summed E-state index contributed by atoms with van der Waals surface area (Å²) in [5.74, 6) is -0.0850. The fourth-order valence-electron chi connectivity index (χ4n) is 2.45. The van der Waals surface area contributed by atoms with Crippen LogP contribution in [0.4, 0.5) is 0 Å². The zero-order valence-corrected chi connectivity index (χ0v) is 13.5. The highest BCUT2D eigenvalue weighted by Crippen LogP contribution is 2.19. The van der Waals surface area contributed by atoms with E-state index in [9.17, 15) is 4.79 Å². The number of carbonyl (C=O) groups excluding carboxylic acids is 1. The highest BCUT2D eigenvalue weighted by molar-refractivity contribution is 5.70. The molecule has 2 aromatic heterocycles. The number of benzene rings is 1. The summed E-state index contributed by atoms with van der Waals surface area (Å²) >= 11 is 0.